The van der Waals surface area contributed by atoms with Gasteiger partial charge in [0, 0.05) is 13.2 Å². The number of nitrogens with two attached hydrogens (primary N) is 1. The molecule has 1 rings (SSSR count). The van der Waals surface area contributed by atoms with Gasteiger partial charge in [0.2, 0.25) is 0 Å². The molecule has 0 aliphatic rings. The molecule has 1 aromatic carbocycles. The minimum Gasteiger partial charge on any atom is -0.397 e. The third-order valence-corrected chi connectivity index (χ3v) is 2.72. The van der Waals surface area contributed by atoms with Gasteiger partial charge >= 0.3 is 6.18 Å². The van der Waals surface area contributed by atoms with E-state index in [1.165, 1.54) is 6.07 Å². The van der Waals surface area contributed by atoms with Crippen LogP contribution in [-0.2, 0) is 10.9 Å². The highest BCUT2D eigenvalue weighted by atomic mass is 19.4. The van der Waals surface area contributed by atoms with E-state index in [0.717, 1.165) is 25.0 Å². The normalized spacial score (nSPS) is 11.9. The molecule has 0 radical (unpaired) electrons. The number of hydrogen-bond acceptors (Lipinski definition) is 3. The number of unbranched alkanes of at least 4 members (excludes halogenated alkanes) is 1. The molecule has 1 aromatic rings. The molecule has 0 saturated heterocycles. The van der Waals surface area contributed by atoms with Gasteiger partial charge in [0.15, 0.2) is 0 Å². The molecule has 0 amide bonds. The van der Waals surface area contributed by atoms with Crippen molar-refractivity contribution < 1.29 is 17.9 Å². The first-order chi connectivity index (χ1) is 9.30. The van der Waals surface area contributed by atoms with E-state index in [1.807, 2.05) is 13.8 Å². The molecular weight excluding hydrogens is 269 g/mol. The van der Waals surface area contributed by atoms with Crippen molar-refractivity contribution in [2.24, 2.45) is 0 Å². The lowest BCUT2D eigenvalue weighted by Crippen LogP contribution is -2.09. The summed E-state index contributed by atoms with van der Waals surface area (Å²) in [6, 6.07) is 3.34. The summed E-state index contributed by atoms with van der Waals surface area (Å²) in [6.45, 7) is 5.28. The Morgan fingerprint density at radius 2 is 1.95 bits per heavy atom. The van der Waals surface area contributed by atoms with Crippen LogP contribution in [-0.4, -0.2) is 19.3 Å². The fourth-order valence-electron chi connectivity index (χ4n) is 1.67. The number of hydrogen-bond donors (Lipinski definition) is 2. The van der Waals surface area contributed by atoms with Crippen LogP contribution >= 0.6 is 0 Å². The Bertz CT molecular complexity index is 419. The van der Waals surface area contributed by atoms with E-state index in [9.17, 15) is 13.2 Å². The van der Waals surface area contributed by atoms with Crippen LogP contribution in [0.3, 0.4) is 0 Å². The van der Waals surface area contributed by atoms with Crippen LogP contribution < -0.4 is 11.1 Å². The summed E-state index contributed by atoms with van der Waals surface area (Å²) in [5, 5.41) is 3.03. The Morgan fingerprint density at radius 3 is 2.50 bits per heavy atom. The van der Waals surface area contributed by atoms with Crippen molar-refractivity contribution in [2.75, 3.05) is 24.2 Å². The Morgan fingerprint density at radius 1 is 1.25 bits per heavy atom. The molecule has 0 heterocycles. The van der Waals surface area contributed by atoms with Crippen LogP contribution in [0, 0.1) is 0 Å². The van der Waals surface area contributed by atoms with Gasteiger partial charge < -0.3 is 15.8 Å². The molecule has 0 fully saturated rings. The molecule has 0 saturated carbocycles. The van der Waals surface area contributed by atoms with E-state index in [0.29, 0.717) is 18.8 Å². The third kappa shape index (κ3) is 5.69. The highest BCUT2D eigenvalue weighted by molar-refractivity contribution is 5.67. The maximum absolute atomic E-state index is 12.5. The second kappa shape index (κ2) is 7.38. The van der Waals surface area contributed by atoms with E-state index < -0.39 is 11.7 Å². The van der Waals surface area contributed by atoms with Crippen LogP contribution in [0.25, 0.3) is 0 Å². The lowest BCUT2D eigenvalue weighted by atomic mass is 10.1. The molecule has 0 spiro atoms. The molecule has 0 unspecified atom stereocenters. The Balaban J connectivity index is 2.38. The molecule has 20 heavy (non-hydrogen) atoms. The number of nitrogens with one attached hydrogen (secondary N) is 1. The second-order valence-corrected chi connectivity index (χ2v) is 4.85. The Hall–Kier alpha value is -1.43. The topological polar surface area (TPSA) is 47.3 Å². The molecule has 6 heteroatoms. The lowest BCUT2D eigenvalue weighted by molar-refractivity contribution is -0.137. The monoisotopic (exact) mass is 290 g/mol. The third-order valence-electron chi connectivity index (χ3n) is 2.72. The van der Waals surface area contributed by atoms with E-state index >= 15 is 0 Å². The van der Waals surface area contributed by atoms with Gasteiger partial charge in [-0.15, -0.1) is 0 Å². The molecule has 114 valence electrons. The lowest BCUT2D eigenvalue weighted by Gasteiger charge is -2.13. The summed E-state index contributed by atoms with van der Waals surface area (Å²) < 4.78 is 42.8. The summed E-state index contributed by atoms with van der Waals surface area (Å²) in [6.07, 6.45) is -2.38. The minimum absolute atomic E-state index is 0.109. The summed E-state index contributed by atoms with van der Waals surface area (Å²) >= 11 is 0. The number of ether oxygens (including phenoxy) is 1. The summed E-state index contributed by atoms with van der Waals surface area (Å²) in [7, 11) is 0. The smallest absolute Gasteiger partial charge is 0.397 e. The zero-order valence-corrected chi connectivity index (χ0v) is 11.8. The summed E-state index contributed by atoms with van der Waals surface area (Å²) in [5.41, 5.74) is 5.52. The van der Waals surface area contributed by atoms with Gasteiger partial charge in [-0.2, -0.15) is 13.2 Å². The quantitative estimate of drug-likeness (QED) is 0.591. The van der Waals surface area contributed by atoms with Crippen molar-refractivity contribution >= 4 is 11.4 Å². The first-order valence-electron chi connectivity index (χ1n) is 6.63. The summed E-state index contributed by atoms with van der Waals surface area (Å²) in [4.78, 5) is 0. The fraction of sp³-hybridized carbons (Fsp3) is 0.571. The minimum atomic E-state index is -4.36. The van der Waals surface area contributed by atoms with Crippen LogP contribution in [0.2, 0.25) is 0 Å². The molecule has 0 aromatic heterocycles. The van der Waals surface area contributed by atoms with Gasteiger partial charge in [-0.1, -0.05) is 0 Å². The number of nitrogen functional groups attached to an aromatic ring is 1. The highest BCUT2D eigenvalue weighted by Crippen LogP contribution is 2.32. The fourth-order valence-corrected chi connectivity index (χ4v) is 1.67. The predicted octanol–water partition coefficient (Wildman–Crippen LogP) is 3.90. The van der Waals surface area contributed by atoms with Gasteiger partial charge in [0.1, 0.15) is 0 Å². The van der Waals surface area contributed by atoms with Crippen LogP contribution in [0.5, 0.6) is 0 Å². The molecule has 0 bridgehead atoms. The Labute approximate surface area is 117 Å². The van der Waals surface area contributed by atoms with Crippen molar-refractivity contribution in [3.63, 3.8) is 0 Å². The van der Waals surface area contributed by atoms with Crippen molar-refractivity contribution in [1.29, 1.82) is 0 Å². The van der Waals surface area contributed by atoms with E-state index in [1.54, 1.807) is 0 Å². The number of benzene rings is 1. The predicted molar refractivity (Wildman–Crippen MR) is 74.7 cm³/mol. The van der Waals surface area contributed by atoms with Gasteiger partial charge in [-0.3, -0.25) is 0 Å². The maximum atomic E-state index is 12.5. The van der Waals surface area contributed by atoms with E-state index in [2.05, 4.69) is 5.32 Å². The maximum Gasteiger partial charge on any atom is 0.416 e. The molecule has 0 atom stereocenters. The first kappa shape index (κ1) is 16.6. The first-order valence-corrected chi connectivity index (χ1v) is 6.63. The average Bonchev–Trinajstić information content (AvgIpc) is 2.33. The molecular formula is C14H21F3N2O. The van der Waals surface area contributed by atoms with Crippen molar-refractivity contribution in [2.45, 2.75) is 39.0 Å². The molecule has 0 aliphatic heterocycles. The van der Waals surface area contributed by atoms with Crippen molar-refractivity contribution in [3.05, 3.63) is 23.8 Å². The SMILES string of the molecule is CC(C)OCCCCNc1ccc(C(F)(F)F)cc1N. The summed E-state index contributed by atoms with van der Waals surface area (Å²) in [5.74, 6) is 0. The number of anilines is 2. The van der Waals surface area contributed by atoms with Gasteiger partial charge in [-0.05, 0) is 44.9 Å². The van der Waals surface area contributed by atoms with Crippen molar-refractivity contribution in [1.82, 2.24) is 0 Å². The molecule has 0 aliphatic carbocycles. The zero-order chi connectivity index (χ0) is 15.2. The number of alkyl halides is 3. The standard InChI is InChI=1S/C14H21F3N2O/c1-10(2)20-8-4-3-7-19-13-6-5-11(9-12(13)18)14(15,16)17/h5-6,9-10,19H,3-4,7-8,18H2,1-2H3. The van der Waals surface area contributed by atoms with Crippen LogP contribution in [0.4, 0.5) is 24.5 Å². The van der Waals surface area contributed by atoms with Gasteiger partial charge in [0.05, 0.1) is 23.0 Å². The van der Waals surface area contributed by atoms with E-state index in [4.69, 9.17) is 10.5 Å². The van der Waals surface area contributed by atoms with E-state index in [-0.39, 0.29) is 11.8 Å². The van der Waals surface area contributed by atoms with Gasteiger partial charge in [0.25, 0.3) is 0 Å². The molecule has 3 N–H and O–H groups in total. The van der Waals surface area contributed by atoms with Crippen molar-refractivity contribution in [3.8, 4) is 0 Å². The van der Waals surface area contributed by atoms with Gasteiger partial charge in [-0.25, -0.2) is 0 Å². The number of halogens is 3. The average molecular weight is 290 g/mol. The highest BCUT2D eigenvalue weighted by Gasteiger charge is 2.30. The molecule has 3 nitrogen and oxygen atoms in total. The largest absolute Gasteiger partial charge is 0.416 e. The van der Waals surface area contributed by atoms with Crippen LogP contribution in [0.15, 0.2) is 18.2 Å². The second-order valence-electron chi connectivity index (χ2n) is 4.85. The van der Waals surface area contributed by atoms with Crippen LogP contribution in [0.1, 0.15) is 32.3 Å². The number of rotatable bonds is 7. The zero-order valence-electron chi connectivity index (χ0n) is 11.8. The Kier molecular flexibility index (Phi) is 6.13.